The second-order valence-electron chi connectivity index (χ2n) is 7.01. The van der Waals surface area contributed by atoms with E-state index < -0.39 is 5.54 Å². The van der Waals surface area contributed by atoms with Gasteiger partial charge in [0.15, 0.2) is 0 Å². The van der Waals surface area contributed by atoms with Crippen molar-refractivity contribution in [3.8, 4) is 0 Å². The van der Waals surface area contributed by atoms with Gasteiger partial charge in [-0.3, -0.25) is 9.69 Å². The van der Waals surface area contributed by atoms with Crippen LogP contribution in [0, 0.1) is 13.8 Å². The average Bonchev–Trinajstić information content (AvgIpc) is 2.55. The summed E-state index contributed by atoms with van der Waals surface area (Å²) in [5, 5.41) is 3.04. The summed E-state index contributed by atoms with van der Waals surface area (Å²) in [5.74, 6) is 0.138. The molecule has 0 saturated carbocycles. The molecule has 1 aliphatic heterocycles. The molecule has 0 aromatic heterocycles. The van der Waals surface area contributed by atoms with Crippen molar-refractivity contribution in [1.82, 2.24) is 10.2 Å². The number of nitrogens with zero attached hydrogens (tertiary/aromatic N) is 2. The Labute approximate surface area is 140 Å². The molecule has 128 valence electrons. The maximum Gasteiger partial charge on any atom is 0.239 e. The van der Waals surface area contributed by atoms with Gasteiger partial charge in [0.1, 0.15) is 0 Å². The number of hydrogen-bond acceptors (Lipinski definition) is 3. The lowest BCUT2D eigenvalue weighted by atomic mass is 9.99. The molecule has 0 bridgehead atoms. The van der Waals surface area contributed by atoms with Crippen molar-refractivity contribution in [2.24, 2.45) is 0 Å². The summed E-state index contributed by atoms with van der Waals surface area (Å²) in [7, 11) is 0. The number of nitrogens with one attached hydrogen (secondary N) is 1. The number of benzene rings is 1. The van der Waals surface area contributed by atoms with Crippen LogP contribution >= 0.6 is 0 Å². The van der Waals surface area contributed by atoms with Crippen molar-refractivity contribution < 1.29 is 4.79 Å². The Morgan fingerprint density at radius 2 is 1.83 bits per heavy atom. The fourth-order valence-electron chi connectivity index (χ4n) is 3.18. The molecule has 0 radical (unpaired) electrons. The molecular weight excluding hydrogens is 286 g/mol. The molecule has 0 spiro atoms. The van der Waals surface area contributed by atoms with Crippen molar-refractivity contribution in [3.63, 3.8) is 0 Å². The predicted molar refractivity (Wildman–Crippen MR) is 97.1 cm³/mol. The molecule has 4 heteroatoms. The minimum absolute atomic E-state index is 0.138. The first-order valence-corrected chi connectivity index (χ1v) is 8.72. The Bertz CT molecular complexity index is 546. The number of amides is 1. The van der Waals surface area contributed by atoms with Crippen LogP contribution in [0.25, 0.3) is 0 Å². The number of aryl methyl sites for hydroxylation is 1. The van der Waals surface area contributed by atoms with Gasteiger partial charge >= 0.3 is 0 Å². The zero-order chi connectivity index (χ0) is 17.0. The molecule has 1 amide bonds. The Kier molecular flexibility index (Phi) is 5.69. The van der Waals surface area contributed by atoms with Gasteiger partial charge < -0.3 is 10.2 Å². The van der Waals surface area contributed by atoms with Crippen molar-refractivity contribution in [1.29, 1.82) is 0 Å². The summed E-state index contributed by atoms with van der Waals surface area (Å²) in [6, 6.07) is 6.50. The van der Waals surface area contributed by atoms with Gasteiger partial charge in [0.2, 0.25) is 5.91 Å². The molecule has 1 fully saturated rings. The van der Waals surface area contributed by atoms with Gasteiger partial charge in [-0.2, -0.15) is 0 Å². The zero-order valence-corrected chi connectivity index (χ0v) is 15.3. The number of carbonyl (C=O) groups excluding carboxylic acids is 1. The van der Waals surface area contributed by atoms with Crippen LogP contribution in [0.2, 0.25) is 0 Å². The number of carbonyl (C=O) groups is 1. The van der Waals surface area contributed by atoms with Crippen LogP contribution in [0.3, 0.4) is 0 Å². The second-order valence-corrected chi connectivity index (χ2v) is 7.01. The SMILES string of the molecule is CCCNC(=O)C(C)(C)N1CCN(c2cccc(C)c2C)CC1. The predicted octanol–water partition coefficient (Wildman–Crippen LogP) is 2.73. The quantitative estimate of drug-likeness (QED) is 0.907. The number of piperazine rings is 1. The maximum atomic E-state index is 12.4. The lowest BCUT2D eigenvalue weighted by Crippen LogP contribution is -2.60. The lowest BCUT2D eigenvalue weighted by Gasteiger charge is -2.44. The lowest BCUT2D eigenvalue weighted by molar-refractivity contribution is -0.131. The van der Waals surface area contributed by atoms with Gasteiger partial charge in [-0.25, -0.2) is 0 Å². The van der Waals surface area contributed by atoms with Crippen LogP contribution in [0.1, 0.15) is 38.3 Å². The third kappa shape index (κ3) is 3.86. The second kappa shape index (κ2) is 7.35. The summed E-state index contributed by atoms with van der Waals surface area (Å²) in [6.07, 6.45) is 0.974. The molecule has 1 aromatic carbocycles. The van der Waals surface area contributed by atoms with Gasteiger partial charge in [-0.1, -0.05) is 19.1 Å². The highest BCUT2D eigenvalue weighted by Gasteiger charge is 2.36. The highest BCUT2D eigenvalue weighted by atomic mass is 16.2. The highest BCUT2D eigenvalue weighted by molar-refractivity contribution is 5.85. The summed E-state index contributed by atoms with van der Waals surface area (Å²) in [5.41, 5.74) is 3.59. The molecular formula is C19H31N3O. The van der Waals surface area contributed by atoms with Crippen molar-refractivity contribution in [2.45, 2.75) is 46.6 Å². The highest BCUT2D eigenvalue weighted by Crippen LogP contribution is 2.25. The fraction of sp³-hybridized carbons (Fsp3) is 0.632. The molecule has 1 aromatic rings. The molecule has 1 heterocycles. The van der Waals surface area contributed by atoms with Crippen molar-refractivity contribution in [2.75, 3.05) is 37.6 Å². The maximum absolute atomic E-state index is 12.4. The Balaban J connectivity index is 2.00. The first kappa shape index (κ1) is 17.8. The first-order chi connectivity index (χ1) is 10.9. The van der Waals surface area contributed by atoms with E-state index in [9.17, 15) is 4.79 Å². The van der Waals surface area contributed by atoms with Crippen LogP contribution in [0.4, 0.5) is 5.69 Å². The third-order valence-corrected chi connectivity index (χ3v) is 5.08. The van der Waals surface area contributed by atoms with Gasteiger partial charge in [0.25, 0.3) is 0 Å². The van der Waals surface area contributed by atoms with Crippen LogP contribution in [0.15, 0.2) is 18.2 Å². The molecule has 0 atom stereocenters. The molecule has 1 N–H and O–H groups in total. The van der Waals surface area contributed by atoms with E-state index in [1.807, 2.05) is 13.8 Å². The Hall–Kier alpha value is -1.55. The summed E-state index contributed by atoms with van der Waals surface area (Å²) >= 11 is 0. The average molecular weight is 317 g/mol. The molecule has 23 heavy (non-hydrogen) atoms. The normalized spacial score (nSPS) is 16.5. The minimum atomic E-state index is -0.442. The Morgan fingerprint density at radius 3 is 2.43 bits per heavy atom. The van der Waals surface area contributed by atoms with E-state index in [0.29, 0.717) is 0 Å². The topological polar surface area (TPSA) is 35.6 Å². The summed E-state index contributed by atoms with van der Waals surface area (Å²) in [4.78, 5) is 17.2. The number of hydrogen-bond donors (Lipinski definition) is 1. The summed E-state index contributed by atoms with van der Waals surface area (Å²) < 4.78 is 0. The van der Waals surface area contributed by atoms with Gasteiger partial charge in [0.05, 0.1) is 5.54 Å². The summed E-state index contributed by atoms with van der Waals surface area (Å²) in [6.45, 7) is 15.0. The van der Waals surface area contributed by atoms with Crippen LogP contribution < -0.4 is 10.2 Å². The van der Waals surface area contributed by atoms with Gasteiger partial charge in [0, 0.05) is 38.4 Å². The van der Waals surface area contributed by atoms with E-state index in [2.05, 4.69) is 54.1 Å². The van der Waals surface area contributed by atoms with Crippen LogP contribution in [0.5, 0.6) is 0 Å². The fourth-order valence-corrected chi connectivity index (χ4v) is 3.18. The van der Waals surface area contributed by atoms with E-state index in [-0.39, 0.29) is 5.91 Å². The van der Waals surface area contributed by atoms with Crippen molar-refractivity contribution in [3.05, 3.63) is 29.3 Å². The molecule has 4 nitrogen and oxygen atoms in total. The van der Waals surface area contributed by atoms with E-state index in [1.165, 1.54) is 16.8 Å². The van der Waals surface area contributed by atoms with Crippen molar-refractivity contribution >= 4 is 11.6 Å². The molecule has 1 saturated heterocycles. The zero-order valence-electron chi connectivity index (χ0n) is 15.3. The van der Waals surface area contributed by atoms with Crippen LogP contribution in [-0.4, -0.2) is 49.1 Å². The number of anilines is 1. The number of rotatable bonds is 5. The van der Waals surface area contributed by atoms with E-state index >= 15 is 0 Å². The standard InChI is InChI=1S/C19H31N3O/c1-6-10-20-18(23)19(4,5)22-13-11-21(12-14-22)17-9-7-8-15(2)16(17)3/h7-9H,6,10-14H2,1-5H3,(H,20,23). The molecule has 2 rings (SSSR count). The van der Waals surface area contributed by atoms with Crippen LogP contribution in [-0.2, 0) is 4.79 Å². The third-order valence-electron chi connectivity index (χ3n) is 5.08. The largest absolute Gasteiger partial charge is 0.369 e. The van der Waals surface area contributed by atoms with E-state index in [1.54, 1.807) is 0 Å². The minimum Gasteiger partial charge on any atom is -0.369 e. The first-order valence-electron chi connectivity index (χ1n) is 8.72. The van der Waals surface area contributed by atoms with Gasteiger partial charge in [-0.15, -0.1) is 0 Å². The molecule has 0 unspecified atom stereocenters. The molecule has 1 aliphatic rings. The molecule has 0 aliphatic carbocycles. The van der Waals surface area contributed by atoms with E-state index in [4.69, 9.17) is 0 Å². The monoisotopic (exact) mass is 317 g/mol. The smallest absolute Gasteiger partial charge is 0.239 e. The van der Waals surface area contributed by atoms with E-state index in [0.717, 1.165) is 39.1 Å². The Morgan fingerprint density at radius 1 is 1.17 bits per heavy atom. The van der Waals surface area contributed by atoms with Gasteiger partial charge in [-0.05, 0) is 51.3 Å².